The van der Waals surface area contributed by atoms with Crippen molar-refractivity contribution < 1.29 is 71.4 Å². The Kier molecular flexibility index (Phi) is 13.6. The minimum absolute atomic E-state index is 0.0144. The van der Waals surface area contributed by atoms with Gasteiger partial charge < -0.3 is 42.6 Å². The summed E-state index contributed by atoms with van der Waals surface area (Å²) >= 11 is 0. The smallest absolute Gasteiger partial charge is 0.303 e. The zero-order valence-corrected chi connectivity index (χ0v) is 24.9. The fourth-order valence-corrected chi connectivity index (χ4v) is 5.04. The van der Waals surface area contributed by atoms with Gasteiger partial charge in [0.05, 0.1) is 6.10 Å². The summed E-state index contributed by atoms with van der Waals surface area (Å²) in [5.41, 5.74) is 0. The van der Waals surface area contributed by atoms with Crippen LogP contribution in [0.1, 0.15) is 61.3 Å². The molecule has 15 nitrogen and oxygen atoms in total. The first kappa shape index (κ1) is 34.9. The summed E-state index contributed by atoms with van der Waals surface area (Å²) in [5.74, 6) is -4.68. The highest BCUT2D eigenvalue weighted by atomic mass is 16.7. The van der Waals surface area contributed by atoms with Gasteiger partial charge in [-0.25, -0.2) is 0 Å². The third-order valence-electron chi connectivity index (χ3n) is 6.38. The molecule has 0 N–H and O–H groups in total. The second kappa shape index (κ2) is 16.4. The Bertz CT molecular complexity index is 981. The van der Waals surface area contributed by atoms with Crippen molar-refractivity contribution >= 4 is 35.8 Å². The van der Waals surface area contributed by atoms with Gasteiger partial charge in [0, 0.05) is 60.5 Å². The number of carbonyl (C=O) groups is 6. The second-order valence-electron chi connectivity index (χ2n) is 9.91. The molecule has 0 amide bonds. The SMILES string of the molecule is CCO[C@H]1C[C@H](C[C@H]2O[C@H](COC(C)=O)[C@@H](OC(C)=O)[C@H](OC(C)=O)[C@H]2OC(C)=O)[C@@H](OC(C)=O)[C@H](COC(C)=O)O1. The number of esters is 6. The lowest BCUT2D eigenvalue weighted by atomic mass is 9.82. The molecule has 2 rings (SSSR count). The molecule has 0 radical (unpaired) electrons. The quantitative estimate of drug-likeness (QED) is 0.224. The fourth-order valence-electron chi connectivity index (χ4n) is 5.04. The summed E-state index contributed by atoms with van der Waals surface area (Å²) in [7, 11) is 0. The van der Waals surface area contributed by atoms with Crippen LogP contribution in [0.2, 0.25) is 0 Å². The Morgan fingerprint density at radius 3 is 1.45 bits per heavy atom. The van der Waals surface area contributed by atoms with E-state index < -0.39 is 90.8 Å². The molecule has 0 aromatic rings. The average Bonchev–Trinajstić information content (AvgIpc) is 2.85. The van der Waals surface area contributed by atoms with E-state index in [1.807, 2.05) is 0 Å². The highest BCUT2D eigenvalue weighted by Crippen LogP contribution is 2.38. The van der Waals surface area contributed by atoms with E-state index in [-0.39, 0.29) is 32.7 Å². The molecular formula is C27H40O15. The molecule has 0 aromatic heterocycles. The maximum absolute atomic E-state index is 12.2. The topological polar surface area (TPSA) is 185 Å². The van der Waals surface area contributed by atoms with Crippen molar-refractivity contribution in [2.45, 2.75) is 110 Å². The van der Waals surface area contributed by atoms with Crippen LogP contribution in [-0.4, -0.2) is 105 Å². The van der Waals surface area contributed by atoms with Crippen LogP contribution in [0, 0.1) is 5.92 Å². The van der Waals surface area contributed by atoms with E-state index >= 15 is 0 Å². The highest BCUT2D eigenvalue weighted by Gasteiger charge is 2.54. The van der Waals surface area contributed by atoms with E-state index in [4.69, 9.17) is 42.6 Å². The molecule has 15 heteroatoms. The third kappa shape index (κ3) is 10.8. The lowest BCUT2D eigenvalue weighted by molar-refractivity contribution is -0.271. The van der Waals surface area contributed by atoms with Crippen molar-refractivity contribution in [2.75, 3.05) is 19.8 Å². The molecule has 2 aliphatic rings. The molecule has 2 fully saturated rings. The molecule has 0 spiro atoms. The predicted molar refractivity (Wildman–Crippen MR) is 137 cm³/mol. The lowest BCUT2D eigenvalue weighted by Gasteiger charge is -2.47. The van der Waals surface area contributed by atoms with Crippen LogP contribution in [-0.2, 0) is 71.4 Å². The van der Waals surface area contributed by atoms with Gasteiger partial charge in [0.25, 0.3) is 0 Å². The van der Waals surface area contributed by atoms with E-state index in [1.54, 1.807) is 6.92 Å². The van der Waals surface area contributed by atoms with Crippen LogP contribution in [0.4, 0.5) is 0 Å². The molecular weight excluding hydrogens is 564 g/mol. The van der Waals surface area contributed by atoms with Crippen molar-refractivity contribution in [3.8, 4) is 0 Å². The van der Waals surface area contributed by atoms with Crippen LogP contribution in [0.15, 0.2) is 0 Å². The number of carbonyl (C=O) groups excluding carboxylic acids is 6. The van der Waals surface area contributed by atoms with Crippen LogP contribution >= 0.6 is 0 Å². The molecule has 2 heterocycles. The molecule has 42 heavy (non-hydrogen) atoms. The summed E-state index contributed by atoms with van der Waals surface area (Å²) in [6.45, 7) is 8.43. The minimum atomic E-state index is -1.35. The molecule has 2 saturated heterocycles. The monoisotopic (exact) mass is 604 g/mol. The summed E-state index contributed by atoms with van der Waals surface area (Å²) < 4.78 is 50.2. The van der Waals surface area contributed by atoms with Crippen molar-refractivity contribution in [2.24, 2.45) is 5.92 Å². The van der Waals surface area contributed by atoms with Gasteiger partial charge in [0.15, 0.2) is 24.6 Å². The first-order chi connectivity index (χ1) is 19.7. The van der Waals surface area contributed by atoms with E-state index in [9.17, 15) is 28.8 Å². The number of ether oxygens (including phenoxy) is 9. The van der Waals surface area contributed by atoms with E-state index in [1.165, 1.54) is 20.8 Å². The second-order valence-corrected chi connectivity index (χ2v) is 9.91. The average molecular weight is 605 g/mol. The number of rotatable bonds is 12. The van der Waals surface area contributed by atoms with Crippen molar-refractivity contribution in [3.05, 3.63) is 0 Å². The Hall–Kier alpha value is -3.30. The molecule has 0 saturated carbocycles. The van der Waals surface area contributed by atoms with Crippen molar-refractivity contribution in [1.29, 1.82) is 0 Å². The molecule has 2 aliphatic heterocycles. The Balaban J connectivity index is 2.54. The number of hydrogen-bond acceptors (Lipinski definition) is 15. The Labute approximate surface area is 243 Å². The van der Waals surface area contributed by atoms with Crippen molar-refractivity contribution in [1.82, 2.24) is 0 Å². The maximum Gasteiger partial charge on any atom is 0.303 e. The first-order valence-corrected chi connectivity index (χ1v) is 13.6. The van der Waals surface area contributed by atoms with Gasteiger partial charge in [-0.1, -0.05) is 0 Å². The van der Waals surface area contributed by atoms with Gasteiger partial charge in [0.1, 0.15) is 31.5 Å². The van der Waals surface area contributed by atoms with Gasteiger partial charge in [-0.15, -0.1) is 0 Å². The summed E-state index contributed by atoms with van der Waals surface area (Å²) in [4.78, 5) is 71.6. The van der Waals surface area contributed by atoms with E-state index in [0.717, 1.165) is 20.8 Å². The summed E-state index contributed by atoms with van der Waals surface area (Å²) in [5, 5.41) is 0. The summed E-state index contributed by atoms with van der Waals surface area (Å²) in [6.07, 6.45) is -8.58. The standard InChI is InChI=1S/C27H40O15/c1-8-34-23-10-19(24(37-15(4)30)21(42-23)11-35-13(2)28)9-20-25(38-16(5)31)27(40-18(7)33)26(39-17(6)32)22(41-20)12-36-14(3)29/h19-27H,8-12H2,1-7H3/t19-,20+,21-,22+,23+,24+,25-,26+,27+/m0/s1. The van der Waals surface area contributed by atoms with Crippen LogP contribution in [0.5, 0.6) is 0 Å². The van der Waals surface area contributed by atoms with Gasteiger partial charge in [-0.05, 0) is 13.3 Å². The molecule has 9 atom stereocenters. The highest BCUT2D eigenvalue weighted by molar-refractivity contribution is 5.69. The minimum Gasteiger partial charge on any atom is -0.463 e. The normalized spacial score (nSPS) is 30.8. The van der Waals surface area contributed by atoms with Gasteiger partial charge in [-0.3, -0.25) is 28.8 Å². The Morgan fingerprint density at radius 1 is 0.571 bits per heavy atom. The van der Waals surface area contributed by atoms with Crippen LogP contribution < -0.4 is 0 Å². The first-order valence-electron chi connectivity index (χ1n) is 13.6. The van der Waals surface area contributed by atoms with Gasteiger partial charge in [0.2, 0.25) is 0 Å². The fraction of sp³-hybridized carbons (Fsp3) is 0.778. The third-order valence-corrected chi connectivity index (χ3v) is 6.38. The molecule has 0 bridgehead atoms. The Morgan fingerprint density at radius 2 is 1.00 bits per heavy atom. The molecule has 0 aliphatic carbocycles. The molecule has 0 aromatic carbocycles. The molecule has 238 valence electrons. The van der Waals surface area contributed by atoms with Gasteiger partial charge >= 0.3 is 35.8 Å². The maximum atomic E-state index is 12.2. The number of hydrogen-bond donors (Lipinski definition) is 0. The summed E-state index contributed by atoms with van der Waals surface area (Å²) in [6, 6.07) is 0. The van der Waals surface area contributed by atoms with Crippen molar-refractivity contribution in [3.63, 3.8) is 0 Å². The van der Waals surface area contributed by atoms with Crippen LogP contribution in [0.25, 0.3) is 0 Å². The van der Waals surface area contributed by atoms with Gasteiger partial charge in [-0.2, -0.15) is 0 Å². The zero-order valence-electron chi connectivity index (χ0n) is 24.9. The largest absolute Gasteiger partial charge is 0.463 e. The van der Waals surface area contributed by atoms with E-state index in [2.05, 4.69) is 0 Å². The zero-order chi connectivity index (χ0) is 31.6. The van der Waals surface area contributed by atoms with E-state index in [0.29, 0.717) is 0 Å². The van der Waals surface area contributed by atoms with Crippen LogP contribution in [0.3, 0.4) is 0 Å². The predicted octanol–water partition coefficient (Wildman–Crippen LogP) is 0.765. The molecule has 0 unspecified atom stereocenters. The lowest BCUT2D eigenvalue weighted by Crippen LogP contribution is -2.63.